The van der Waals surface area contributed by atoms with Gasteiger partial charge in [-0.1, -0.05) is 18.2 Å². The second-order valence-corrected chi connectivity index (χ2v) is 8.37. The van der Waals surface area contributed by atoms with Crippen LogP contribution in [0.25, 0.3) is 22.7 Å². The second kappa shape index (κ2) is 10.8. The van der Waals surface area contributed by atoms with Gasteiger partial charge in [0.25, 0.3) is 0 Å². The minimum absolute atomic E-state index is 0.0421. The second-order valence-electron chi connectivity index (χ2n) is 8.37. The molecule has 2 N–H and O–H groups in total. The van der Waals surface area contributed by atoms with Crippen molar-refractivity contribution in [3.05, 3.63) is 78.4 Å². The first-order valence-corrected chi connectivity index (χ1v) is 11.7. The summed E-state index contributed by atoms with van der Waals surface area (Å²) in [6, 6.07) is 14.1. The van der Waals surface area contributed by atoms with Gasteiger partial charge in [-0.2, -0.15) is 13.2 Å². The Kier molecular flexibility index (Phi) is 7.14. The fourth-order valence-electron chi connectivity index (χ4n) is 3.78. The van der Waals surface area contributed by atoms with E-state index in [1.807, 2.05) is 24.3 Å². The fourth-order valence-corrected chi connectivity index (χ4v) is 3.78. The lowest BCUT2D eigenvalue weighted by Gasteiger charge is -2.12. The van der Waals surface area contributed by atoms with Crippen LogP contribution in [0.1, 0.15) is 11.3 Å². The van der Waals surface area contributed by atoms with E-state index in [0.29, 0.717) is 29.1 Å². The molecule has 5 aromatic rings. The first-order chi connectivity index (χ1) is 19.2. The predicted octanol–water partition coefficient (Wildman–Crippen LogP) is 5.28. The van der Waals surface area contributed by atoms with Crippen molar-refractivity contribution in [1.29, 1.82) is 0 Å². The number of alkyl halides is 3. The van der Waals surface area contributed by atoms with Crippen molar-refractivity contribution in [2.75, 3.05) is 24.9 Å². The van der Waals surface area contributed by atoms with Gasteiger partial charge in [0.15, 0.2) is 22.8 Å². The number of rotatable bonds is 7. The Labute approximate surface area is 225 Å². The van der Waals surface area contributed by atoms with E-state index in [0.717, 1.165) is 11.6 Å². The molecule has 11 nitrogen and oxygen atoms in total. The zero-order valence-electron chi connectivity index (χ0n) is 21.1. The maximum absolute atomic E-state index is 13.4. The molecule has 204 valence electrons. The van der Waals surface area contributed by atoms with Crippen LogP contribution >= 0.6 is 0 Å². The number of carbonyl (C=O) groups excluding carboxylic acids is 1. The number of hydrogen-bond donors (Lipinski definition) is 2. The van der Waals surface area contributed by atoms with E-state index in [2.05, 4.69) is 40.3 Å². The van der Waals surface area contributed by atoms with Gasteiger partial charge < -0.3 is 19.4 Å². The summed E-state index contributed by atoms with van der Waals surface area (Å²) in [7, 11) is 2.80. The summed E-state index contributed by atoms with van der Waals surface area (Å²) in [5, 5.41) is 5.56. The molecule has 0 radical (unpaired) electrons. The Hall–Kier alpha value is -5.27. The molecular formula is C26H21F3N8O3. The Balaban J connectivity index is 1.59. The molecule has 5 rings (SSSR count). The SMILES string of the molecule is COC(=O)Nc1cc(Nc2nc(-c3cccc(C(F)(F)F)n3)nc3c2ncn3Cc2ccc(OC)cc2)ccn1. The highest BCUT2D eigenvalue weighted by Gasteiger charge is 2.32. The third-order valence-corrected chi connectivity index (χ3v) is 5.68. The molecule has 4 aromatic heterocycles. The quantitative estimate of drug-likeness (QED) is 0.278. The molecule has 0 spiro atoms. The van der Waals surface area contributed by atoms with Gasteiger partial charge in [-0.05, 0) is 35.9 Å². The molecule has 4 heterocycles. The first-order valence-electron chi connectivity index (χ1n) is 11.7. The smallest absolute Gasteiger partial charge is 0.433 e. The molecule has 0 bridgehead atoms. The molecule has 40 heavy (non-hydrogen) atoms. The number of halogens is 3. The largest absolute Gasteiger partial charge is 0.497 e. The summed E-state index contributed by atoms with van der Waals surface area (Å²) in [4.78, 5) is 32.9. The van der Waals surface area contributed by atoms with E-state index in [-0.39, 0.29) is 23.2 Å². The molecule has 0 aliphatic heterocycles. The number of fused-ring (bicyclic) bond motifs is 1. The first kappa shape index (κ1) is 26.3. The minimum atomic E-state index is -4.64. The molecule has 1 aromatic carbocycles. The zero-order valence-corrected chi connectivity index (χ0v) is 21.1. The van der Waals surface area contributed by atoms with Gasteiger partial charge in [0, 0.05) is 18.0 Å². The lowest BCUT2D eigenvalue weighted by molar-refractivity contribution is -0.141. The highest BCUT2D eigenvalue weighted by Crippen LogP contribution is 2.31. The van der Waals surface area contributed by atoms with Gasteiger partial charge in [-0.25, -0.2) is 29.7 Å². The van der Waals surface area contributed by atoms with Crippen LogP contribution in [0.3, 0.4) is 0 Å². The van der Waals surface area contributed by atoms with E-state index in [1.54, 1.807) is 24.1 Å². The number of nitrogens with zero attached hydrogens (tertiary/aromatic N) is 6. The van der Waals surface area contributed by atoms with E-state index in [1.165, 1.54) is 31.5 Å². The van der Waals surface area contributed by atoms with Gasteiger partial charge in [-0.3, -0.25) is 5.32 Å². The molecule has 0 aliphatic carbocycles. The number of methoxy groups -OCH3 is 2. The van der Waals surface area contributed by atoms with Crippen molar-refractivity contribution >= 4 is 34.6 Å². The van der Waals surface area contributed by atoms with Crippen molar-refractivity contribution in [3.63, 3.8) is 0 Å². The van der Waals surface area contributed by atoms with Gasteiger partial charge in [0.05, 0.1) is 27.1 Å². The highest BCUT2D eigenvalue weighted by atomic mass is 19.4. The number of ether oxygens (including phenoxy) is 2. The minimum Gasteiger partial charge on any atom is -0.497 e. The number of carbonyl (C=O) groups is 1. The number of hydrogen-bond acceptors (Lipinski definition) is 9. The van der Waals surface area contributed by atoms with Crippen LogP contribution in [0.2, 0.25) is 0 Å². The maximum atomic E-state index is 13.4. The maximum Gasteiger partial charge on any atom is 0.433 e. The van der Waals surface area contributed by atoms with E-state index in [4.69, 9.17) is 4.74 Å². The lowest BCUT2D eigenvalue weighted by atomic mass is 10.2. The fraction of sp³-hybridized carbons (Fsp3) is 0.154. The number of amides is 1. The third kappa shape index (κ3) is 5.75. The topological polar surface area (TPSA) is 129 Å². The molecule has 0 saturated heterocycles. The van der Waals surface area contributed by atoms with Crippen LogP contribution in [0.15, 0.2) is 67.1 Å². The average molecular weight is 551 g/mol. The number of pyridine rings is 2. The lowest BCUT2D eigenvalue weighted by Crippen LogP contribution is -2.12. The molecule has 0 saturated carbocycles. The van der Waals surface area contributed by atoms with Gasteiger partial charge in [-0.15, -0.1) is 0 Å². The number of aromatic nitrogens is 6. The van der Waals surface area contributed by atoms with Crippen LogP contribution < -0.4 is 15.4 Å². The van der Waals surface area contributed by atoms with Crippen molar-refractivity contribution in [2.45, 2.75) is 12.7 Å². The van der Waals surface area contributed by atoms with Crippen molar-refractivity contribution < 1.29 is 27.4 Å². The Morgan fingerprint density at radius 1 is 1.00 bits per heavy atom. The third-order valence-electron chi connectivity index (χ3n) is 5.68. The van der Waals surface area contributed by atoms with Gasteiger partial charge in [0.2, 0.25) is 0 Å². The molecule has 14 heteroatoms. The standard InChI is InChI=1S/C26H21F3N8O3/c1-39-17-8-6-15(7-9-17)13-37-14-31-21-23(32-16-10-11-30-20(12-16)34-25(38)40-2)35-22(36-24(21)37)18-4-3-5-19(33-18)26(27,28)29/h3-12,14H,13H2,1-2H3,(H2,30,32,34,35,36,38). The summed E-state index contributed by atoms with van der Waals surface area (Å²) in [5.41, 5.74) is 0.976. The monoisotopic (exact) mass is 550 g/mol. The van der Waals surface area contributed by atoms with Crippen molar-refractivity contribution in [3.8, 4) is 17.3 Å². The molecule has 1 amide bonds. The normalized spacial score (nSPS) is 11.3. The summed E-state index contributed by atoms with van der Waals surface area (Å²) in [5.74, 6) is 1.07. The summed E-state index contributed by atoms with van der Waals surface area (Å²) >= 11 is 0. The Morgan fingerprint density at radius 3 is 2.52 bits per heavy atom. The average Bonchev–Trinajstić information content (AvgIpc) is 3.36. The predicted molar refractivity (Wildman–Crippen MR) is 139 cm³/mol. The molecule has 0 unspecified atom stereocenters. The van der Waals surface area contributed by atoms with Gasteiger partial charge in [0.1, 0.15) is 23.0 Å². The number of imidazole rings is 1. The summed E-state index contributed by atoms with van der Waals surface area (Å²) in [6.45, 7) is 0.370. The molecular weight excluding hydrogens is 529 g/mol. The zero-order chi connectivity index (χ0) is 28.3. The van der Waals surface area contributed by atoms with Crippen LogP contribution in [0.5, 0.6) is 5.75 Å². The van der Waals surface area contributed by atoms with Crippen molar-refractivity contribution in [2.24, 2.45) is 0 Å². The van der Waals surface area contributed by atoms with Crippen LogP contribution in [-0.4, -0.2) is 49.8 Å². The van der Waals surface area contributed by atoms with E-state index >= 15 is 0 Å². The molecule has 0 atom stereocenters. The van der Waals surface area contributed by atoms with Gasteiger partial charge >= 0.3 is 12.3 Å². The Bertz CT molecular complexity index is 1670. The number of nitrogens with one attached hydrogen (secondary N) is 2. The van der Waals surface area contributed by atoms with E-state index in [9.17, 15) is 18.0 Å². The van der Waals surface area contributed by atoms with Crippen molar-refractivity contribution in [1.82, 2.24) is 29.5 Å². The van der Waals surface area contributed by atoms with Crippen LogP contribution in [0.4, 0.5) is 35.3 Å². The molecule has 0 fully saturated rings. The number of benzene rings is 1. The molecule has 0 aliphatic rings. The van der Waals surface area contributed by atoms with Crippen LogP contribution in [0, 0.1) is 0 Å². The summed E-state index contributed by atoms with van der Waals surface area (Å²) < 4.78 is 51.7. The summed E-state index contributed by atoms with van der Waals surface area (Å²) in [6.07, 6.45) is -2.33. The van der Waals surface area contributed by atoms with Crippen LogP contribution in [-0.2, 0) is 17.5 Å². The number of anilines is 3. The van der Waals surface area contributed by atoms with E-state index < -0.39 is 18.0 Å². The highest BCUT2D eigenvalue weighted by molar-refractivity contribution is 5.88. The Morgan fingerprint density at radius 2 is 1.80 bits per heavy atom.